The summed E-state index contributed by atoms with van der Waals surface area (Å²) in [5.74, 6) is 2.33. The van der Waals surface area contributed by atoms with E-state index in [0.29, 0.717) is 38.9 Å². The number of amides is 1. The molecule has 170 valence electrons. The van der Waals surface area contributed by atoms with E-state index in [-0.39, 0.29) is 17.8 Å². The van der Waals surface area contributed by atoms with Crippen LogP contribution in [0.3, 0.4) is 0 Å². The second kappa shape index (κ2) is 10.6. The van der Waals surface area contributed by atoms with Gasteiger partial charge in [0.1, 0.15) is 17.2 Å². The van der Waals surface area contributed by atoms with Crippen molar-refractivity contribution in [3.63, 3.8) is 0 Å². The van der Waals surface area contributed by atoms with Crippen molar-refractivity contribution in [1.29, 1.82) is 0 Å². The third-order valence-corrected chi connectivity index (χ3v) is 5.97. The van der Waals surface area contributed by atoms with E-state index in [1.54, 1.807) is 35.9 Å². The molecule has 1 amide bonds. The van der Waals surface area contributed by atoms with Crippen molar-refractivity contribution in [2.45, 2.75) is 25.1 Å². The molecule has 0 fully saturated rings. The summed E-state index contributed by atoms with van der Waals surface area (Å²) < 4.78 is 18.3. The van der Waals surface area contributed by atoms with Crippen LogP contribution in [-0.4, -0.2) is 40.6 Å². The molecule has 1 atom stereocenters. The molecule has 0 spiro atoms. The van der Waals surface area contributed by atoms with Gasteiger partial charge in [0, 0.05) is 13.1 Å². The summed E-state index contributed by atoms with van der Waals surface area (Å²) in [7, 11) is 4.94. The maximum Gasteiger partial charge on any atom is 0.234 e. The zero-order valence-electron chi connectivity index (χ0n) is 18.5. The molecule has 8 nitrogen and oxygen atoms in total. The van der Waals surface area contributed by atoms with E-state index in [1.165, 1.54) is 18.9 Å². The smallest absolute Gasteiger partial charge is 0.234 e. The molecule has 2 aromatic carbocycles. The lowest BCUT2D eigenvalue weighted by atomic mass is 10.2. The van der Waals surface area contributed by atoms with Gasteiger partial charge in [0.25, 0.3) is 0 Å². The van der Waals surface area contributed by atoms with Crippen LogP contribution < -0.4 is 19.5 Å². The lowest BCUT2D eigenvalue weighted by Gasteiger charge is -2.15. The fraction of sp³-hybridized carbons (Fsp3) is 0.318. The summed E-state index contributed by atoms with van der Waals surface area (Å²) in [5, 5.41) is 12.4. The largest absolute Gasteiger partial charge is 0.497 e. The van der Waals surface area contributed by atoms with Gasteiger partial charge in [-0.15, -0.1) is 10.2 Å². The minimum Gasteiger partial charge on any atom is -0.497 e. The number of carbonyl (C=O) groups excluding carboxylic acids is 1. The Bertz CT molecular complexity index is 1110. The average Bonchev–Trinajstić information content (AvgIpc) is 3.15. The Morgan fingerprint density at radius 1 is 1.16 bits per heavy atom. The molecule has 32 heavy (non-hydrogen) atoms. The van der Waals surface area contributed by atoms with Crippen molar-refractivity contribution < 1.29 is 19.0 Å². The van der Waals surface area contributed by atoms with E-state index in [2.05, 4.69) is 15.5 Å². The number of anilines is 1. The van der Waals surface area contributed by atoms with Gasteiger partial charge >= 0.3 is 0 Å². The van der Waals surface area contributed by atoms with Gasteiger partial charge in [0.05, 0.1) is 30.7 Å². The molecule has 0 radical (unpaired) electrons. The first-order valence-corrected chi connectivity index (χ1v) is 11.2. The fourth-order valence-corrected chi connectivity index (χ4v) is 3.85. The number of benzene rings is 2. The normalized spacial score (nSPS) is 11.7. The van der Waals surface area contributed by atoms with E-state index in [1.807, 2.05) is 33.0 Å². The maximum absolute atomic E-state index is 12.5. The Morgan fingerprint density at radius 3 is 2.66 bits per heavy atom. The number of aryl methyl sites for hydroxylation is 1. The Morgan fingerprint density at radius 2 is 1.94 bits per heavy atom. The quantitative estimate of drug-likeness (QED) is 0.449. The van der Waals surface area contributed by atoms with Gasteiger partial charge in [-0.2, -0.15) is 0 Å². The average molecular weight is 477 g/mol. The highest BCUT2D eigenvalue weighted by atomic mass is 35.5. The zero-order chi connectivity index (χ0) is 23.3. The van der Waals surface area contributed by atoms with Crippen LogP contribution in [0.5, 0.6) is 17.2 Å². The van der Waals surface area contributed by atoms with Gasteiger partial charge in [-0.05, 0) is 43.7 Å². The number of carbonyl (C=O) groups is 1. The number of methoxy groups -OCH3 is 2. The molecule has 0 aliphatic heterocycles. The highest BCUT2D eigenvalue weighted by molar-refractivity contribution is 7.99. The maximum atomic E-state index is 12.5. The van der Waals surface area contributed by atoms with Crippen molar-refractivity contribution >= 4 is 35.0 Å². The van der Waals surface area contributed by atoms with Crippen LogP contribution >= 0.6 is 23.4 Å². The Labute approximate surface area is 196 Å². The van der Waals surface area contributed by atoms with E-state index in [0.717, 1.165) is 5.56 Å². The standard InChI is InChI=1S/C22H25ClN4O4S/c1-13-6-8-16(23)18(10-13)31-14(2)21-25-26-22(27(21)3)32-12-20(28)24-17-9-7-15(29-4)11-19(17)30-5/h6-11,14H,12H2,1-5H3,(H,24,28). The SMILES string of the molecule is COc1ccc(NC(=O)CSc2nnc(C(C)Oc3cc(C)ccc3Cl)n2C)c(OC)c1. The monoisotopic (exact) mass is 476 g/mol. The number of thioether (sulfide) groups is 1. The first-order chi connectivity index (χ1) is 15.3. The summed E-state index contributed by atoms with van der Waals surface area (Å²) in [6.07, 6.45) is -0.376. The van der Waals surface area contributed by atoms with Crippen LogP contribution in [0, 0.1) is 6.92 Å². The van der Waals surface area contributed by atoms with Crippen LogP contribution in [-0.2, 0) is 11.8 Å². The molecule has 0 aliphatic rings. The highest BCUT2D eigenvalue weighted by Gasteiger charge is 2.19. The number of nitrogens with one attached hydrogen (secondary N) is 1. The second-order valence-corrected chi connectivity index (χ2v) is 8.35. The minimum absolute atomic E-state index is 0.153. The first-order valence-electron chi connectivity index (χ1n) is 9.79. The summed E-state index contributed by atoms with van der Waals surface area (Å²) in [4.78, 5) is 12.5. The van der Waals surface area contributed by atoms with Gasteiger partial charge in [0.15, 0.2) is 17.1 Å². The summed E-state index contributed by atoms with van der Waals surface area (Å²) >= 11 is 7.51. The molecule has 0 saturated carbocycles. The second-order valence-electron chi connectivity index (χ2n) is 7.00. The summed E-state index contributed by atoms with van der Waals surface area (Å²) in [6, 6.07) is 10.8. The van der Waals surface area contributed by atoms with Crippen LogP contribution in [0.2, 0.25) is 5.02 Å². The lowest BCUT2D eigenvalue weighted by molar-refractivity contribution is -0.113. The molecular formula is C22H25ClN4O4S. The van der Waals surface area contributed by atoms with Crippen molar-refractivity contribution in [2.24, 2.45) is 7.05 Å². The molecule has 0 saturated heterocycles. The molecular weight excluding hydrogens is 452 g/mol. The molecule has 1 N–H and O–H groups in total. The van der Waals surface area contributed by atoms with Gasteiger partial charge in [0.2, 0.25) is 5.91 Å². The van der Waals surface area contributed by atoms with E-state index >= 15 is 0 Å². The fourth-order valence-electron chi connectivity index (χ4n) is 2.97. The first kappa shape index (κ1) is 23.7. The van der Waals surface area contributed by atoms with Gasteiger partial charge in [-0.1, -0.05) is 29.4 Å². The predicted octanol–water partition coefficient (Wildman–Crippen LogP) is 4.66. The van der Waals surface area contributed by atoms with E-state index < -0.39 is 0 Å². The molecule has 1 aromatic heterocycles. The Balaban J connectivity index is 1.62. The number of rotatable bonds is 9. The van der Waals surface area contributed by atoms with Gasteiger partial charge in [-0.3, -0.25) is 4.79 Å². The molecule has 1 unspecified atom stereocenters. The van der Waals surface area contributed by atoms with Gasteiger partial charge in [-0.25, -0.2) is 0 Å². The third kappa shape index (κ3) is 5.66. The molecule has 0 bridgehead atoms. The molecule has 3 rings (SSSR count). The minimum atomic E-state index is -0.376. The lowest BCUT2D eigenvalue weighted by Crippen LogP contribution is -2.15. The number of ether oxygens (including phenoxy) is 3. The number of aromatic nitrogens is 3. The van der Waals surface area contributed by atoms with Crippen LogP contribution in [0.15, 0.2) is 41.6 Å². The summed E-state index contributed by atoms with van der Waals surface area (Å²) in [6.45, 7) is 3.84. The van der Waals surface area contributed by atoms with Crippen LogP contribution in [0.25, 0.3) is 0 Å². The van der Waals surface area contributed by atoms with Crippen LogP contribution in [0.1, 0.15) is 24.4 Å². The third-order valence-electron chi connectivity index (χ3n) is 4.64. The zero-order valence-corrected chi connectivity index (χ0v) is 20.1. The number of halogens is 1. The predicted molar refractivity (Wildman–Crippen MR) is 125 cm³/mol. The number of hydrogen-bond acceptors (Lipinski definition) is 7. The number of hydrogen-bond donors (Lipinski definition) is 1. The van der Waals surface area contributed by atoms with E-state index in [4.69, 9.17) is 25.8 Å². The van der Waals surface area contributed by atoms with Crippen molar-refractivity contribution in [3.8, 4) is 17.2 Å². The molecule has 10 heteroatoms. The molecule has 0 aliphatic carbocycles. The number of nitrogens with zero attached hydrogens (tertiary/aromatic N) is 3. The van der Waals surface area contributed by atoms with Crippen molar-refractivity contribution in [1.82, 2.24) is 14.8 Å². The van der Waals surface area contributed by atoms with Crippen LogP contribution in [0.4, 0.5) is 5.69 Å². The van der Waals surface area contributed by atoms with Crippen molar-refractivity contribution in [3.05, 3.63) is 52.8 Å². The highest BCUT2D eigenvalue weighted by Crippen LogP contribution is 2.31. The topological polar surface area (TPSA) is 87.5 Å². The molecule has 1 heterocycles. The van der Waals surface area contributed by atoms with E-state index in [9.17, 15) is 4.79 Å². The summed E-state index contributed by atoms with van der Waals surface area (Å²) in [5.41, 5.74) is 1.61. The Hall–Kier alpha value is -2.91. The van der Waals surface area contributed by atoms with Gasteiger partial charge < -0.3 is 24.1 Å². The van der Waals surface area contributed by atoms with Crippen molar-refractivity contribution in [2.75, 3.05) is 25.3 Å². The molecule has 3 aromatic rings. The Kier molecular flexibility index (Phi) is 7.87.